The van der Waals surface area contributed by atoms with Crippen LogP contribution in [0, 0.1) is 6.92 Å². The van der Waals surface area contributed by atoms with E-state index in [1.807, 2.05) is 17.7 Å². The second-order valence-corrected chi connectivity index (χ2v) is 8.20. The lowest BCUT2D eigenvalue weighted by Gasteiger charge is -2.09. The van der Waals surface area contributed by atoms with Gasteiger partial charge < -0.3 is 0 Å². The number of carbonyl (C=O) groups is 1. The first-order valence-electron chi connectivity index (χ1n) is 9.17. The van der Waals surface area contributed by atoms with E-state index in [1.165, 1.54) is 24.1 Å². The standard InChI is InChI=1S/C19H23N5OS/c1-11(2)24-17-13(10-20-24)9-14(12(3)21-17)18(25)23-19-22-15-7-5-4-6-8-16(15)26-19/h9-11H,4-8H2,1-3H3,(H,22,23,25). The molecular formula is C19H23N5OS. The van der Waals surface area contributed by atoms with Crippen molar-refractivity contribution in [2.45, 2.75) is 58.9 Å². The van der Waals surface area contributed by atoms with Gasteiger partial charge in [-0.05, 0) is 52.5 Å². The van der Waals surface area contributed by atoms with E-state index in [9.17, 15) is 4.79 Å². The number of aryl methyl sites for hydroxylation is 3. The quantitative estimate of drug-likeness (QED) is 0.699. The summed E-state index contributed by atoms with van der Waals surface area (Å²) >= 11 is 1.61. The largest absolute Gasteiger partial charge is 0.298 e. The van der Waals surface area contributed by atoms with Gasteiger partial charge in [-0.25, -0.2) is 14.6 Å². The fourth-order valence-electron chi connectivity index (χ4n) is 3.42. The van der Waals surface area contributed by atoms with Gasteiger partial charge in [0.2, 0.25) is 0 Å². The van der Waals surface area contributed by atoms with Crippen molar-refractivity contribution in [2.24, 2.45) is 0 Å². The van der Waals surface area contributed by atoms with Crippen LogP contribution in [0.15, 0.2) is 12.3 Å². The number of nitrogens with one attached hydrogen (secondary N) is 1. The number of thiazole rings is 1. The number of pyridine rings is 1. The summed E-state index contributed by atoms with van der Waals surface area (Å²) in [6.07, 6.45) is 7.52. The van der Waals surface area contributed by atoms with E-state index >= 15 is 0 Å². The monoisotopic (exact) mass is 369 g/mol. The number of rotatable bonds is 3. The molecule has 1 N–H and O–H groups in total. The summed E-state index contributed by atoms with van der Waals surface area (Å²) in [6, 6.07) is 2.10. The number of amides is 1. The van der Waals surface area contributed by atoms with E-state index < -0.39 is 0 Å². The van der Waals surface area contributed by atoms with Gasteiger partial charge in [-0.2, -0.15) is 5.10 Å². The highest BCUT2D eigenvalue weighted by molar-refractivity contribution is 7.15. The second kappa shape index (κ2) is 6.79. The Morgan fingerprint density at radius 3 is 2.85 bits per heavy atom. The zero-order valence-electron chi connectivity index (χ0n) is 15.4. The molecule has 3 aromatic rings. The molecule has 136 valence electrons. The van der Waals surface area contributed by atoms with Crippen molar-refractivity contribution in [1.82, 2.24) is 19.7 Å². The third kappa shape index (κ3) is 3.11. The molecule has 0 aliphatic heterocycles. The van der Waals surface area contributed by atoms with Gasteiger partial charge in [-0.15, -0.1) is 11.3 Å². The summed E-state index contributed by atoms with van der Waals surface area (Å²) in [4.78, 5) is 23.4. The molecule has 6 nitrogen and oxygen atoms in total. The maximum atomic E-state index is 12.8. The number of hydrogen-bond acceptors (Lipinski definition) is 5. The summed E-state index contributed by atoms with van der Waals surface area (Å²) in [5.74, 6) is -0.155. The van der Waals surface area contributed by atoms with E-state index in [1.54, 1.807) is 17.5 Å². The number of fused-ring (bicyclic) bond motifs is 2. The van der Waals surface area contributed by atoms with Gasteiger partial charge in [0, 0.05) is 16.3 Å². The van der Waals surface area contributed by atoms with Gasteiger partial charge in [0.15, 0.2) is 10.8 Å². The van der Waals surface area contributed by atoms with Crippen molar-refractivity contribution in [2.75, 3.05) is 5.32 Å². The van der Waals surface area contributed by atoms with Crippen LogP contribution in [0.5, 0.6) is 0 Å². The van der Waals surface area contributed by atoms with E-state index in [2.05, 4.69) is 34.2 Å². The minimum absolute atomic E-state index is 0.155. The Kier molecular flexibility index (Phi) is 4.48. The highest BCUT2D eigenvalue weighted by Gasteiger charge is 2.19. The first-order chi connectivity index (χ1) is 12.5. The zero-order chi connectivity index (χ0) is 18.3. The van der Waals surface area contributed by atoms with Gasteiger partial charge in [0.25, 0.3) is 5.91 Å². The van der Waals surface area contributed by atoms with Crippen LogP contribution < -0.4 is 5.32 Å². The summed E-state index contributed by atoms with van der Waals surface area (Å²) in [6.45, 7) is 6.00. The molecular weight excluding hydrogens is 346 g/mol. The Morgan fingerprint density at radius 2 is 2.04 bits per heavy atom. The molecule has 0 saturated heterocycles. The van der Waals surface area contributed by atoms with Gasteiger partial charge in [-0.1, -0.05) is 6.42 Å². The van der Waals surface area contributed by atoms with Crippen molar-refractivity contribution < 1.29 is 4.79 Å². The number of aromatic nitrogens is 4. The molecule has 0 atom stereocenters. The van der Waals surface area contributed by atoms with Crippen LogP contribution in [0.25, 0.3) is 11.0 Å². The molecule has 0 spiro atoms. The topological polar surface area (TPSA) is 72.7 Å². The Balaban J connectivity index is 1.61. The molecule has 0 bridgehead atoms. The van der Waals surface area contributed by atoms with E-state index in [-0.39, 0.29) is 11.9 Å². The van der Waals surface area contributed by atoms with Crippen LogP contribution >= 0.6 is 11.3 Å². The molecule has 3 aromatic heterocycles. The zero-order valence-corrected chi connectivity index (χ0v) is 16.2. The van der Waals surface area contributed by atoms with Crippen molar-refractivity contribution in [3.05, 3.63) is 34.1 Å². The molecule has 3 heterocycles. The number of anilines is 1. The maximum Gasteiger partial charge on any atom is 0.259 e. The minimum Gasteiger partial charge on any atom is -0.298 e. The molecule has 0 fully saturated rings. The number of carbonyl (C=O) groups excluding carboxylic acids is 1. The van der Waals surface area contributed by atoms with Crippen molar-refractivity contribution in [3.63, 3.8) is 0 Å². The highest BCUT2D eigenvalue weighted by atomic mass is 32.1. The summed E-state index contributed by atoms with van der Waals surface area (Å²) < 4.78 is 1.88. The summed E-state index contributed by atoms with van der Waals surface area (Å²) in [7, 11) is 0. The molecule has 1 aliphatic carbocycles. The van der Waals surface area contributed by atoms with Crippen LogP contribution in [0.1, 0.15) is 65.8 Å². The second-order valence-electron chi connectivity index (χ2n) is 7.12. The van der Waals surface area contributed by atoms with E-state index in [0.29, 0.717) is 16.4 Å². The van der Waals surface area contributed by atoms with Crippen LogP contribution in [0.4, 0.5) is 5.13 Å². The smallest absolute Gasteiger partial charge is 0.259 e. The molecule has 4 rings (SSSR count). The SMILES string of the molecule is Cc1nc2c(cnn2C(C)C)cc1C(=O)Nc1nc2c(s1)CCCCC2. The average molecular weight is 369 g/mol. The minimum atomic E-state index is -0.155. The Bertz CT molecular complexity index is 948. The summed E-state index contributed by atoms with van der Waals surface area (Å²) in [5.41, 5.74) is 3.25. The third-order valence-electron chi connectivity index (χ3n) is 4.81. The Labute approximate surface area is 156 Å². The normalized spacial score (nSPS) is 14.5. The Hall–Kier alpha value is -2.28. The fraction of sp³-hybridized carbons (Fsp3) is 0.474. The number of hydrogen-bond donors (Lipinski definition) is 1. The van der Waals surface area contributed by atoms with Gasteiger partial charge in [0.05, 0.1) is 23.1 Å². The fourth-order valence-corrected chi connectivity index (χ4v) is 4.47. The Morgan fingerprint density at radius 1 is 1.23 bits per heavy atom. The lowest BCUT2D eigenvalue weighted by atomic mass is 10.1. The molecule has 0 aromatic carbocycles. The molecule has 26 heavy (non-hydrogen) atoms. The van der Waals surface area contributed by atoms with Crippen LogP contribution in [-0.4, -0.2) is 25.7 Å². The third-order valence-corrected chi connectivity index (χ3v) is 5.88. The van der Waals surface area contributed by atoms with Crippen molar-refractivity contribution in [3.8, 4) is 0 Å². The molecule has 1 aliphatic rings. The van der Waals surface area contributed by atoms with Crippen molar-refractivity contribution in [1.29, 1.82) is 0 Å². The molecule has 7 heteroatoms. The van der Waals surface area contributed by atoms with Gasteiger partial charge >= 0.3 is 0 Å². The van der Waals surface area contributed by atoms with Crippen molar-refractivity contribution >= 4 is 33.4 Å². The lowest BCUT2D eigenvalue weighted by molar-refractivity contribution is 0.102. The predicted octanol–water partition coefficient (Wildman–Crippen LogP) is 4.30. The van der Waals surface area contributed by atoms with E-state index in [4.69, 9.17) is 0 Å². The predicted molar refractivity (Wildman–Crippen MR) is 104 cm³/mol. The molecule has 1 amide bonds. The highest BCUT2D eigenvalue weighted by Crippen LogP contribution is 2.29. The maximum absolute atomic E-state index is 12.8. The number of nitrogens with zero attached hydrogens (tertiary/aromatic N) is 4. The van der Waals surface area contributed by atoms with Gasteiger partial charge in [0.1, 0.15) is 0 Å². The lowest BCUT2D eigenvalue weighted by Crippen LogP contribution is -2.14. The molecule has 0 radical (unpaired) electrons. The van der Waals surface area contributed by atoms with Crippen LogP contribution in [0.3, 0.4) is 0 Å². The summed E-state index contributed by atoms with van der Waals surface area (Å²) in [5, 5.41) is 8.93. The van der Waals surface area contributed by atoms with Crippen LogP contribution in [0.2, 0.25) is 0 Å². The average Bonchev–Trinajstić information content (AvgIpc) is 3.11. The van der Waals surface area contributed by atoms with Crippen LogP contribution in [-0.2, 0) is 12.8 Å². The first kappa shape index (κ1) is 17.1. The van der Waals surface area contributed by atoms with E-state index in [0.717, 1.165) is 29.6 Å². The van der Waals surface area contributed by atoms with Gasteiger partial charge in [-0.3, -0.25) is 10.1 Å². The molecule has 0 saturated carbocycles. The first-order valence-corrected chi connectivity index (χ1v) is 9.99. The molecule has 0 unspecified atom stereocenters.